The minimum Gasteiger partial charge on any atom is -0.489 e. The smallest absolute Gasteiger partial charge is 0.352 e. The Bertz CT molecular complexity index is 1620. The second-order valence-corrected chi connectivity index (χ2v) is 10.4. The van der Waals surface area contributed by atoms with Gasteiger partial charge in [0.1, 0.15) is 42.5 Å². The first-order chi connectivity index (χ1) is 21.5. The lowest BCUT2D eigenvalue weighted by molar-refractivity contribution is -0.129. The lowest BCUT2D eigenvalue weighted by atomic mass is 10.2. The van der Waals surface area contributed by atoms with Crippen molar-refractivity contribution in [3.05, 3.63) is 48.5 Å². The number of fused-ring (bicyclic) bond motifs is 2. The minimum absolute atomic E-state index is 0. The molecule has 0 fully saturated rings. The Morgan fingerprint density at radius 1 is 0.804 bits per heavy atom. The largest absolute Gasteiger partial charge is 0.489 e. The third-order valence-electron chi connectivity index (χ3n) is 6.90. The number of para-hydroxylation sites is 4. The quantitative estimate of drug-likeness (QED) is 0.445. The summed E-state index contributed by atoms with van der Waals surface area (Å²) >= 11 is 0. The third-order valence-corrected chi connectivity index (χ3v) is 6.90. The molecular formula is C30H35ClN8O7. The van der Waals surface area contributed by atoms with Crippen LogP contribution in [0.5, 0.6) is 11.5 Å². The molecule has 2 aromatic rings. The second-order valence-electron chi connectivity index (χ2n) is 10.4. The molecule has 0 aromatic heterocycles. The molecule has 15 nitrogen and oxygen atoms in total. The van der Waals surface area contributed by atoms with Crippen molar-refractivity contribution in [3.8, 4) is 11.5 Å². The topological polar surface area (TPSA) is 201 Å². The van der Waals surface area contributed by atoms with E-state index < -0.39 is 18.1 Å². The Kier molecular flexibility index (Phi) is 12.1. The molecule has 0 bridgehead atoms. The van der Waals surface area contributed by atoms with Crippen molar-refractivity contribution >= 4 is 70.3 Å². The highest BCUT2D eigenvalue weighted by Gasteiger charge is 2.32. The molecule has 4 aliphatic rings. The van der Waals surface area contributed by atoms with Crippen molar-refractivity contribution in [1.82, 2.24) is 5.32 Å². The zero-order valence-corrected chi connectivity index (χ0v) is 26.5. The average molecular weight is 655 g/mol. The molecule has 2 aromatic carbocycles. The van der Waals surface area contributed by atoms with E-state index in [1.807, 2.05) is 36.4 Å². The summed E-state index contributed by atoms with van der Waals surface area (Å²) in [6.07, 6.45) is 0.791. The molecule has 16 heteroatoms. The van der Waals surface area contributed by atoms with Crippen molar-refractivity contribution in [2.45, 2.75) is 38.8 Å². The van der Waals surface area contributed by atoms with Crippen LogP contribution in [0, 0.1) is 0 Å². The Labute approximate surface area is 271 Å². The van der Waals surface area contributed by atoms with Gasteiger partial charge in [0, 0.05) is 38.4 Å². The Morgan fingerprint density at radius 3 is 1.76 bits per heavy atom. The fraction of sp³-hybridized carbons (Fsp3) is 0.333. The molecule has 46 heavy (non-hydrogen) atoms. The fourth-order valence-electron chi connectivity index (χ4n) is 4.43. The Balaban J connectivity index is 0.000000205. The van der Waals surface area contributed by atoms with E-state index in [1.165, 1.54) is 9.80 Å². The number of aliphatic carboxylic acids is 1. The average Bonchev–Trinajstić information content (AvgIpc) is 3.64. The molecule has 0 saturated heterocycles. The number of benzene rings is 2. The molecule has 6 rings (SSSR count). The maximum Gasteiger partial charge on any atom is 0.352 e. The van der Waals surface area contributed by atoms with Gasteiger partial charge in [0.25, 0.3) is 11.8 Å². The van der Waals surface area contributed by atoms with Gasteiger partial charge in [0.05, 0.1) is 11.4 Å². The highest BCUT2D eigenvalue weighted by atomic mass is 35.5. The van der Waals surface area contributed by atoms with E-state index >= 15 is 0 Å². The molecule has 0 radical (unpaired) electrons. The zero-order valence-electron chi connectivity index (χ0n) is 25.7. The number of likely N-dealkylation sites (N-methyl/N-ethyl adjacent to an activating group) is 2. The number of nitrogens with one attached hydrogen (secondary N) is 1. The normalized spacial score (nSPS) is 19.6. The number of carbonyl (C=O) groups excluding carboxylic acids is 3. The van der Waals surface area contributed by atoms with Gasteiger partial charge in [0.2, 0.25) is 5.91 Å². The molecule has 0 spiro atoms. The number of anilines is 2. The first kappa shape index (κ1) is 35.3. The number of rotatable bonds is 3. The predicted molar refractivity (Wildman–Crippen MR) is 176 cm³/mol. The van der Waals surface area contributed by atoms with Crippen LogP contribution < -0.4 is 30.3 Å². The van der Waals surface area contributed by atoms with Gasteiger partial charge in [-0.15, -0.1) is 22.6 Å². The molecule has 244 valence electrons. The van der Waals surface area contributed by atoms with Crippen LogP contribution in [0.3, 0.4) is 0 Å². The number of nitrogens with two attached hydrogens (primary N) is 1. The van der Waals surface area contributed by atoms with Gasteiger partial charge in [-0.3, -0.25) is 14.4 Å². The number of hydrogen-bond acceptors (Lipinski definition) is 11. The van der Waals surface area contributed by atoms with Gasteiger partial charge in [-0.2, -0.15) is 10.2 Å². The van der Waals surface area contributed by atoms with Crippen LogP contribution in [-0.2, 0) is 19.2 Å². The van der Waals surface area contributed by atoms with Gasteiger partial charge in [-0.25, -0.2) is 4.79 Å². The monoisotopic (exact) mass is 654 g/mol. The van der Waals surface area contributed by atoms with Gasteiger partial charge < -0.3 is 35.4 Å². The van der Waals surface area contributed by atoms with Crippen molar-refractivity contribution < 1.29 is 33.8 Å². The molecule has 3 amide bonds. The molecule has 4 aliphatic heterocycles. The number of nitrogens with zero attached hydrogens (tertiary/aromatic N) is 6. The van der Waals surface area contributed by atoms with Crippen molar-refractivity contribution in [2.24, 2.45) is 26.1 Å². The molecule has 2 atom stereocenters. The maximum atomic E-state index is 12.5. The first-order valence-electron chi connectivity index (χ1n) is 13.9. The molecule has 0 aliphatic carbocycles. The molecule has 4 heterocycles. The summed E-state index contributed by atoms with van der Waals surface area (Å²) in [4.78, 5) is 49.4. The number of carbonyl (C=O) groups is 4. The number of carboxylic acid groups (broad SMARTS) is 1. The fourth-order valence-corrected chi connectivity index (χ4v) is 4.43. The number of amides is 3. The number of halogens is 1. The lowest BCUT2D eigenvalue weighted by Crippen LogP contribution is -2.51. The Hall–Kier alpha value is -5.15. The summed E-state index contributed by atoms with van der Waals surface area (Å²) in [5.74, 6) is -0.384. The lowest BCUT2D eigenvalue weighted by Gasteiger charge is -2.20. The van der Waals surface area contributed by atoms with E-state index in [0.29, 0.717) is 35.7 Å². The van der Waals surface area contributed by atoms with E-state index in [4.69, 9.17) is 20.3 Å². The van der Waals surface area contributed by atoms with E-state index in [1.54, 1.807) is 40.1 Å². The van der Waals surface area contributed by atoms with Crippen LogP contribution in [0.25, 0.3) is 0 Å². The van der Waals surface area contributed by atoms with E-state index in [9.17, 15) is 19.2 Å². The van der Waals surface area contributed by atoms with Crippen LogP contribution in [0.15, 0.2) is 68.9 Å². The molecule has 0 saturated carbocycles. The Morgan fingerprint density at radius 2 is 1.28 bits per heavy atom. The number of hydrogen-bond donors (Lipinski definition) is 3. The summed E-state index contributed by atoms with van der Waals surface area (Å²) in [5.41, 5.74) is 9.06. The van der Waals surface area contributed by atoms with Gasteiger partial charge in [0.15, 0.2) is 5.71 Å². The molecule has 0 unspecified atom stereocenters. The minimum atomic E-state index is -0.976. The highest BCUT2D eigenvalue weighted by Crippen LogP contribution is 2.30. The SMILES string of the molecule is CC1=NN=C(C(=O)N[C@H]2COc3ccccc3N(C)C2=O)C1.CC1=NN=C(C(=O)O)C1.CN1C(=O)[C@@H](N)COc2ccccc21.Cl. The number of carboxylic acids is 1. The van der Waals surface area contributed by atoms with Gasteiger partial charge in [-0.05, 0) is 38.1 Å². The second kappa shape index (κ2) is 15.7. The zero-order chi connectivity index (χ0) is 32.7. The molecule has 4 N–H and O–H groups in total. The summed E-state index contributed by atoms with van der Waals surface area (Å²) in [6, 6.07) is 13.3. The number of ether oxygens (including phenoxy) is 2. The van der Waals surface area contributed by atoms with Crippen LogP contribution in [0.2, 0.25) is 0 Å². The van der Waals surface area contributed by atoms with Crippen molar-refractivity contribution in [2.75, 3.05) is 37.1 Å². The van der Waals surface area contributed by atoms with E-state index in [2.05, 4.69) is 25.7 Å². The van der Waals surface area contributed by atoms with Crippen molar-refractivity contribution in [1.29, 1.82) is 0 Å². The first-order valence-corrected chi connectivity index (χ1v) is 13.9. The van der Waals surface area contributed by atoms with Crippen LogP contribution in [-0.4, -0.2) is 91.0 Å². The van der Waals surface area contributed by atoms with Crippen molar-refractivity contribution in [3.63, 3.8) is 0 Å². The van der Waals surface area contributed by atoms with Crippen LogP contribution in [0.1, 0.15) is 26.7 Å². The van der Waals surface area contributed by atoms with E-state index in [0.717, 1.165) is 17.1 Å². The summed E-state index contributed by atoms with van der Waals surface area (Å²) in [6.45, 7) is 3.87. The summed E-state index contributed by atoms with van der Waals surface area (Å²) in [5, 5.41) is 25.6. The molecular weight excluding hydrogens is 620 g/mol. The maximum absolute atomic E-state index is 12.5. The predicted octanol–water partition coefficient (Wildman–Crippen LogP) is 1.83. The van der Waals surface area contributed by atoms with Crippen LogP contribution in [0.4, 0.5) is 11.4 Å². The van der Waals surface area contributed by atoms with E-state index in [-0.39, 0.29) is 49.1 Å². The van der Waals surface area contributed by atoms with Crippen LogP contribution >= 0.6 is 12.4 Å². The third kappa shape index (κ3) is 8.51. The summed E-state index contributed by atoms with van der Waals surface area (Å²) < 4.78 is 11.1. The standard InChI is InChI=1S/C15H16N4O3.C10H12N2O2.C5H6N2O2.ClH/c1-9-7-10(18-17-9)14(20)16-11-8-22-13-6-4-3-5-12(13)19(2)15(11)21;1-12-8-4-2-3-5-9(8)14-6-7(11)10(12)13;1-3-2-4(5(8)9)7-6-3;/h3-6,11H,7-8H2,1-2H3,(H,16,20);2-5,7H,6,11H2,1H3;2H2,1H3,(H,8,9);1H/t11-;7-;;/m00../s1. The highest BCUT2D eigenvalue weighted by molar-refractivity contribution is 6.43. The summed E-state index contributed by atoms with van der Waals surface area (Å²) in [7, 11) is 3.37. The van der Waals surface area contributed by atoms with Gasteiger partial charge >= 0.3 is 5.97 Å². The van der Waals surface area contributed by atoms with Gasteiger partial charge in [-0.1, -0.05) is 24.3 Å².